The Labute approximate surface area is 192 Å². The van der Waals surface area contributed by atoms with Gasteiger partial charge >= 0.3 is 0 Å². The van der Waals surface area contributed by atoms with Gasteiger partial charge in [0.2, 0.25) is 5.95 Å². The second kappa shape index (κ2) is 10.1. The van der Waals surface area contributed by atoms with E-state index in [0.717, 1.165) is 33.6 Å². The highest BCUT2D eigenvalue weighted by Gasteiger charge is 2.11. The number of rotatable bonds is 5. The molecule has 0 radical (unpaired) electrons. The summed E-state index contributed by atoms with van der Waals surface area (Å²) in [5.41, 5.74) is 3.02. The molecule has 0 spiro atoms. The van der Waals surface area contributed by atoms with Crippen molar-refractivity contribution in [3.8, 4) is 23.1 Å². The summed E-state index contributed by atoms with van der Waals surface area (Å²) in [4.78, 5) is 13.7. The largest absolute Gasteiger partial charge is 0.489 e. The molecule has 0 aliphatic rings. The highest BCUT2D eigenvalue weighted by atomic mass is 35.5. The van der Waals surface area contributed by atoms with Crippen LogP contribution in [-0.4, -0.2) is 19.5 Å². The normalized spacial score (nSPS) is 10.2. The van der Waals surface area contributed by atoms with E-state index in [1.54, 1.807) is 6.20 Å². The molecule has 0 aliphatic carbocycles. The maximum absolute atomic E-state index is 5.88. The molecule has 2 aromatic heterocycles. The Morgan fingerprint density at radius 3 is 2.32 bits per heavy atom. The maximum atomic E-state index is 5.88. The van der Waals surface area contributed by atoms with Crippen LogP contribution >= 0.6 is 24.8 Å². The Balaban J connectivity index is 0.00000136. The second-order valence-corrected chi connectivity index (χ2v) is 6.65. The van der Waals surface area contributed by atoms with Crippen molar-refractivity contribution in [3.05, 3.63) is 103 Å². The van der Waals surface area contributed by atoms with Gasteiger partial charge in [-0.15, -0.1) is 24.8 Å². The average molecular weight is 451 g/mol. The van der Waals surface area contributed by atoms with E-state index in [2.05, 4.69) is 27.1 Å². The first-order valence-electron chi connectivity index (χ1n) is 9.39. The summed E-state index contributed by atoms with van der Waals surface area (Å²) >= 11 is 0. The molecule has 3 aromatic carbocycles. The van der Waals surface area contributed by atoms with Crippen LogP contribution in [0.15, 0.2) is 97.5 Å². The van der Waals surface area contributed by atoms with Crippen LogP contribution in [0.5, 0.6) is 5.75 Å². The predicted molar refractivity (Wildman–Crippen MR) is 127 cm³/mol. The van der Waals surface area contributed by atoms with E-state index in [-0.39, 0.29) is 24.8 Å². The molecule has 0 atom stereocenters. The van der Waals surface area contributed by atoms with Gasteiger partial charge in [0.1, 0.15) is 18.2 Å². The van der Waals surface area contributed by atoms with E-state index in [1.807, 2.05) is 83.7 Å². The zero-order valence-corrected chi connectivity index (χ0v) is 18.1. The lowest BCUT2D eigenvalue weighted by Gasteiger charge is -2.09. The van der Waals surface area contributed by atoms with E-state index in [4.69, 9.17) is 4.74 Å². The van der Waals surface area contributed by atoms with Gasteiger partial charge in [-0.1, -0.05) is 48.5 Å². The first-order valence-corrected chi connectivity index (χ1v) is 9.39. The number of aromatic nitrogens is 4. The summed E-state index contributed by atoms with van der Waals surface area (Å²) in [6.45, 7) is 0.541. The predicted octanol–water partition coefficient (Wildman–Crippen LogP) is 5.91. The zero-order valence-electron chi connectivity index (χ0n) is 16.5. The molecule has 5 nitrogen and oxygen atoms in total. The van der Waals surface area contributed by atoms with Crippen molar-refractivity contribution in [2.24, 2.45) is 0 Å². The number of fused-ring (bicyclic) bond motifs is 1. The van der Waals surface area contributed by atoms with Gasteiger partial charge in [-0.25, -0.2) is 15.0 Å². The van der Waals surface area contributed by atoms with Crippen molar-refractivity contribution in [2.45, 2.75) is 6.61 Å². The van der Waals surface area contributed by atoms with Crippen molar-refractivity contribution in [1.82, 2.24) is 19.5 Å². The summed E-state index contributed by atoms with van der Waals surface area (Å²) in [5.74, 6) is 2.20. The SMILES string of the molecule is Cl.Cl.c1ccc(COc2ccc(-c3nccn3-c3ncc4ccccc4n3)cc2)cc1. The van der Waals surface area contributed by atoms with Crippen LogP contribution in [0, 0.1) is 0 Å². The topological polar surface area (TPSA) is 52.8 Å². The number of hydrogen-bond acceptors (Lipinski definition) is 4. The van der Waals surface area contributed by atoms with Gasteiger partial charge in [-0.05, 0) is 35.9 Å². The van der Waals surface area contributed by atoms with Crippen LogP contribution in [0.2, 0.25) is 0 Å². The Hall–Kier alpha value is -3.41. The Morgan fingerprint density at radius 2 is 1.52 bits per heavy atom. The zero-order chi connectivity index (χ0) is 19.5. The first kappa shape index (κ1) is 22.3. The highest BCUT2D eigenvalue weighted by molar-refractivity contribution is 5.85. The summed E-state index contributed by atoms with van der Waals surface area (Å²) < 4.78 is 7.77. The number of imidazole rings is 1. The number of benzene rings is 3. The molecule has 7 heteroatoms. The Kier molecular flexibility index (Phi) is 7.23. The number of hydrogen-bond donors (Lipinski definition) is 0. The van der Waals surface area contributed by atoms with Crippen molar-refractivity contribution in [2.75, 3.05) is 0 Å². The van der Waals surface area contributed by atoms with Crippen LogP contribution in [0.1, 0.15) is 5.56 Å². The summed E-state index contributed by atoms with van der Waals surface area (Å²) in [7, 11) is 0. The minimum Gasteiger partial charge on any atom is -0.489 e. The molecule has 0 aliphatic heterocycles. The third kappa shape index (κ3) is 4.85. The molecule has 0 N–H and O–H groups in total. The molecule has 0 bridgehead atoms. The Morgan fingerprint density at radius 1 is 0.774 bits per heavy atom. The number of halogens is 2. The van der Waals surface area contributed by atoms with E-state index in [0.29, 0.717) is 12.6 Å². The van der Waals surface area contributed by atoms with Gasteiger partial charge in [-0.3, -0.25) is 4.57 Å². The lowest BCUT2D eigenvalue weighted by molar-refractivity contribution is 0.306. The van der Waals surface area contributed by atoms with Gasteiger partial charge in [0.25, 0.3) is 0 Å². The highest BCUT2D eigenvalue weighted by Crippen LogP contribution is 2.24. The lowest BCUT2D eigenvalue weighted by Crippen LogP contribution is -2.02. The first-order chi connectivity index (χ1) is 14.4. The van der Waals surface area contributed by atoms with E-state index >= 15 is 0 Å². The molecule has 0 amide bonds. The number of para-hydroxylation sites is 1. The van der Waals surface area contributed by atoms with Crippen LogP contribution in [0.25, 0.3) is 28.2 Å². The summed E-state index contributed by atoms with van der Waals surface area (Å²) in [6.07, 6.45) is 5.47. The van der Waals surface area contributed by atoms with Gasteiger partial charge in [0.15, 0.2) is 0 Å². The van der Waals surface area contributed by atoms with Gasteiger partial charge in [0.05, 0.1) is 5.52 Å². The number of ether oxygens (including phenoxy) is 1. The van der Waals surface area contributed by atoms with E-state index in [1.165, 1.54) is 0 Å². The van der Waals surface area contributed by atoms with E-state index in [9.17, 15) is 0 Å². The molecular formula is C24H20Cl2N4O. The molecule has 0 fully saturated rings. The molecule has 5 aromatic rings. The second-order valence-electron chi connectivity index (χ2n) is 6.65. The maximum Gasteiger partial charge on any atom is 0.235 e. The third-order valence-electron chi connectivity index (χ3n) is 4.69. The minimum absolute atomic E-state index is 0. The molecule has 0 saturated carbocycles. The fourth-order valence-electron chi connectivity index (χ4n) is 3.20. The smallest absolute Gasteiger partial charge is 0.235 e. The molecule has 31 heavy (non-hydrogen) atoms. The van der Waals surface area contributed by atoms with Gasteiger partial charge < -0.3 is 4.74 Å². The van der Waals surface area contributed by atoms with Crippen LogP contribution in [0.4, 0.5) is 0 Å². The minimum atomic E-state index is 0. The van der Waals surface area contributed by atoms with E-state index < -0.39 is 0 Å². The van der Waals surface area contributed by atoms with Gasteiger partial charge in [0, 0.05) is 29.5 Å². The average Bonchev–Trinajstić information content (AvgIpc) is 3.28. The fraction of sp³-hybridized carbons (Fsp3) is 0.0417. The lowest BCUT2D eigenvalue weighted by atomic mass is 10.2. The molecule has 0 unspecified atom stereocenters. The molecule has 0 saturated heterocycles. The fourth-order valence-corrected chi connectivity index (χ4v) is 3.20. The van der Waals surface area contributed by atoms with Gasteiger partial charge in [-0.2, -0.15) is 0 Å². The van der Waals surface area contributed by atoms with Crippen LogP contribution < -0.4 is 4.74 Å². The van der Waals surface area contributed by atoms with Crippen LogP contribution in [-0.2, 0) is 6.61 Å². The molecule has 2 heterocycles. The van der Waals surface area contributed by atoms with Crippen LogP contribution in [0.3, 0.4) is 0 Å². The van der Waals surface area contributed by atoms with Crippen molar-refractivity contribution < 1.29 is 4.74 Å². The summed E-state index contributed by atoms with van der Waals surface area (Å²) in [6, 6.07) is 26.0. The quantitative estimate of drug-likeness (QED) is 0.334. The number of nitrogens with zero attached hydrogens (tertiary/aromatic N) is 4. The third-order valence-corrected chi connectivity index (χ3v) is 4.69. The molecule has 5 rings (SSSR count). The van der Waals surface area contributed by atoms with Crippen molar-refractivity contribution in [3.63, 3.8) is 0 Å². The molecule has 156 valence electrons. The van der Waals surface area contributed by atoms with Crippen molar-refractivity contribution >= 4 is 35.7 Å². The summed E-state index contributed by atoms with van der Waals surface area (Å²) in [5, 5.41) is 1.01. The Bertz CT molecular complexity index is 1260. The van der Waals surface area contributed by atoms with Crippen molar-refractivity contribution in [1.29, 1.82) is 0 Å². The standard InChI is InChI=1S/C24H18N4O.2ClH/c1-2-6-18(7-3-1)17-29-21-12-10-19(11-13-21)23-25-14-15-28(23)24-26-16-20-8-4-5-9-22(20)27-24;;/h1-16H,17H2;2*1H. The molecular weight excluding hydrogens is 431 g/mol. The monoisotopic (exact) mass is 450 g/mol.